The molecule has 1 aromatic rings. The average molecular weight is 387 g/mol. The van der Waals surface area contributed by atoms with Crippen molar-refractivity contribution in [3.8, 4) is 5.75 Å². The maximum Gasteiger partial charge on any atom is 0.308 e. The Kier molecular flexibility index (Phi) is 5.84. The number of carbonyl (C=O) groups excluding carboxylic acids is 3. The first-order valence-electron chi connectivity index (χ1n) is 9.50. The summed E-state index contributed by atoms with van der Waals surface area (Å²) in [5, 5.41) is 13.6. The zero-order valence-corrected chi connectivity index (χ0v) is 16.3. The van der Waals surface area contributed by atoms with E-state index in [4.69, 9.17) is 9.47 Å². The smallest absolute Gasteiger partial charge is 0.308 e. The molecule has 1 aliphatic carbocycles. The quantitative estimate of drug-likeness (QED) is 0.724. The monoisotopic (exact) mass is 387 g/mol. The summed E-state index contributed by atoms with van der Waals surface area (Å²) in [4.78, 5) is 37.0. The Bertz CT molecular complexity index is 857. The van der Waals surface area contributed by atoms with Gasteiger partial charge in [0, 0.05) is 24.3 Å². The number of phenols is 1. The molecule has 0 aromatic heterocycles. The summed E-state index contributed by atoms with van der Waals surface area (Å²) in [6.07, 6.45) is 3.25. The topological polar surface area (TPSA) is 102 Å². The lowest BCUT2D eigenvalue weighted by atomic mass is 9.82. The van der Waals surface area contributed by atoms with E-state index in [0.29, 0.717) is 18.4 Å². The maximum atomic E-state index is 12.7. The highest BCUT2D eigenvalue weighted by atomic mass is 16.5. The first kappa shape index (κ1) is 20.1. The van der Waals surface area contributed by atoms with Crippen molar-refractivity contribution >= 4 is 17.5 Å². The van der Waals surface area contributed by atoms with Crippen molar-refractivity contribution in [2.45, 2.75) is 51.2 Å². The zero-order chi connectivity index (χ0) is 20.4. The lowest BCUT2D eigenvalue weighted by Gasteiger charge is -2.34. The summed E-state index contributed by atoms with van der Waals surface area (Å²) in [7, 11) is 2.90. The van der Waals surface area contributed by atoms with Crippen LogP contribution in [-0.4, -0.2) is 42.9 Å². The zero-order valence-electron chi connectivity index (χ0n) is 16.3. The van der Waals surface area contributed by atoms with Crippen LogP contribution in [-0.2, 0) is 20.7 Å². The van der Waals surface area contributed by atoms with Crippen molar-refractivity contribution in [3.05, 3.63) is 40.1 Å². The number of allylic oxidation sites excluding steroid dienone is 2. The minimum absolute atomic E-state index is 0.0271. The lowest BCUT2D eigenvalue weighted by molar-refractivity contribution is -0.145. The summed E-state index contributed by atoms with van der Waals surface area (Å²) in [6, 6.07) is 1.67. The van der Waals surface area contributed by atoms with Crippen molar-refractivity contribution in [2.24, 2.45) is 0 Å². The van der Waals surface area contributed by atoms with Gasteiger partial charge in [-0.2, -0.15) is 0 Å². The normalized spacial score (nSPS) is 20.9. The number of ketones is 2. The second-order valence-electron chi connectivity index (χ2n) is 7.10. The average Bonchev–Trinajstić information content (AvgIpc) is 2.68. The number of nitrogens with one attached hydrogen (secondary N) is 1. The molecule has 2 atom stereocenters. The van der Waals surface area contributed by atoms with Crippen molar-refractivity contribution in [1.82, 2.24) is 5.32 Å². The van der Waals surface area contributed by atoms with Crippen LogP contribution >= 0.6 is 0 Å². The summed E-state index contributed by atoms with van der Waals surface area (Å²) in [6.45, 7) is 2.05. The predicted octanol–water partition coefficient (Wildman–Crippen LogP) is 2.61. The number of hydrogen-bond donors (Lipinski definition) is 2. The number of benzene rings is 1. The first-order valence-corrected chi connectivity index (χ1v) is 9.50. The van der Waals surface area contributed by atoms with Gasteiger partial charge in [0.2, 0.25) is 5.78 Å². The van der Waals surface area contributed by atoms with E-state index in [2.05, 4.69) is 12.2 Å². The van der Waals surface area contributed by atoms with E-state index in [0.717, 1.165) is 18.4 Å². The summed E-state index contributed by atoms with van der Waals surface area (Å²) >= 11 is 0. The Balaban J connectivity index is 2.08. The van der Waals surface area contributed by atoms with E-state index in [1.165, 1.54) is 13.2 Å². The van der Waals surface area contributed by atoms with Gasteiger partial charge in [-0.15, -0.1) is 0 Å². The van der Waals surface area contributed by atoms with Gasteiger partial charge >= 0.3 is 5.97 Å². The molecular formula is C21H25NO6. The molecule has 0 saturated heterocycles. The second kappa shape index (κ2) is 8.14. The molecule has 0 amide bonds. The van der Waals surface area contributed by atoms with Crippen molar-refractivity contribution in [1.29, 1.82) is 0 Å². The molecule has 3 rings (SSSR count). The van der Waals surface area contributed by atoms with Crippen LogP contribution in [0, 0.1) is 0 Å². The Morgan fingerprint density at radius 3 is 2.79 bits per heavy atom. The number of unbranched alkanes of at least 4 members (excludes halogenated alkanes) is 1. The number of carbonyl (C=O) groups is 3. The lowest BCUT2D eigenvalue weighted by Crippen LogP contribution is -2.31. The number of likely N-dealkylation sites (N-methyl/N-ethyl adjacent to an activating group) is 1. The number of hydrogen-bond acceptors (Lipinski definition) is 7. The molecule has 0 saturated carbocycles. The van der Waals surface area contributed by atoms with Crippen LogP contribution in [0.3, 0.4) is 0 Å². The van der Waals surface area contributed by atoms with Crippen molar-refractivity contribution in [2.75, 3.05) is 14.2 Å². The summed E-state index contributed by atoms with van der Waals surface area (Å²) in [5.74, 6) is -1.31. The van der Waals surface area contributed by atoms with E-state index in [1.54, 1.807) is 13.1 Å². The van der Waals surface area contributed by atoms with Gasteiger partial charge in [-0.1, -0.05) is 19.8 Å². The molecule has 0 unspecified atom stereocenters. The molecule has 0 bridgehead atoms. The number of ether oxygens (including phenoxy) is 2. The Morgan fingerprint density at radius 1 is 1.39 bits per heavy atom. The predicted molar refractivity (Wildman–Crippen MR) is 101 cm³/mol. The Morgan fingerprint density at radius 2 is 2.14 bits per heavy atom. The number of fused-ring (bicyclic) bond motifs is 2. The summed E-state index contributed by atoms with van der Waals surface area (Å²) < 4.78 is 10.8. The highest BCUT2D eigenvalue weighted by Gasteiger charge is 2.37. The van der Waals surface area contributed by atoms with E-state index in [9.17, 15) is 19.5 Å². The van der Waals surface area contributed by atoms with Crippen LogP contribution in [0.4, 0.5) is 0 Å². The van der Waals surface area contributed by atoms with Gasteiger partial charge in [0.1, 0.15) is 5.75 Å². The number of phenolic OH excluding ortho intramolecular Hbond substituents is 1. The fourth-order valence-corrected chi connectivity index (χ4v) is 3.88. The third kappa shape index (κ3) is 3.54. The van der Waals surface area contributed by atoms with Gasteiger partial charge in [0.25, 0.3) is 0 Å². The molecule has 1 aliphatic heterocycles. The van der Waals surface area contributed by atoms with Crippen LogP contribution in [0.5, 0.6) is 5.75 Å². The van der Waals surface area contributed by atoms with Gasteiger partial charge in [-0.25, -0.2) is 0 Å². The molecular weight excluding hydrogens is 362 g/mol. The van der Waals surface area contributed by atoms with E-state index in [1.807, 2.05) is 0 Å². The molecule has 7 nitrogen and oxygen atoms in total. The van der Waals surface area contributed by atoms with Crippen LogP contribution in [0.25, 0.3) is 0 Å². The summed E-state index contributed by atoms with van der Waals surface area (Å²) in [5.41, 5.74) is 1.68. The molecule has 1 heterocycles. The highest BCUT2D eigenvalue weighted by molar-refractivity contribution is 6.25. The SMILES string of the molecule is CCCC[C@@H]1O[C@@H](CC(=O)OC)Cc2cc3c(c(O)c21)C(=O)C=C(NC)C3=O. The number of Topliss-reactive ketones (excluding diaryl/α,β-unsaturated/α-hetero) is 1. The number of esters is 1. The van der Waals surface area contributed by atoms with Crippen LogP contribution in [0.2, 0.25) is 0 Å². The number of aromatic hydroxyl groups is 1. The minimum atomic E-state index is -0.443. The van der Waals surface area contributed by atoms with E-state index in [-0.39, 0.29) is 40.7 Å². The van der Waals surface area contributed by atoms with E-state index < -0.39 is 18.0 Å². The van der Waals surface area contributed by atoms with Crippen LogP contribution < -0.4 is 5.32 Å². The molecule has 150 valence electrons. The molecule has 0 radical (unpaired) electrons. The van der Waals surface area contributed by atoms with Crippen molar-refractivity contribution in [3.63, 3.8) is 0 Å². The van der Waals surface area contributed by atoms with Gasteiger partial charge in [0.15, 0.2) is 5.78 Å². The molecule has 0 fully saturated rings. The first-order chi connectivity index (χ1) is 13.4. The maximum absolute atomic E-state index is 12.7. The molecule has 2 aliphatic rings. The third-order valence-electron chi connectivity index (χ3n) is 5.27. The fourth-order valence-electron chi connectivity index (χ4n) is 3.88. The second-order valence-corrected chi connectivity index (χ2v) is 7.10. The molecule has 7 heteroatoms. The van der Waals surface area contributed by atoms with Crippen LogP contribution in [0.15, 0.2) is 17.8 Å². The standard InChI is InChI=1S/C21H25NO6/c1-4-5-6-16-18-11(7-12(28-16)9-17(24)27-3)8-13-19(21(18)26)15(23)10-14(22-2)20(13)25/h8,10,12,16,22,26H,4-7,9H2,1-3H3/t12-,16+/m1/s1. The largest absolute Gasteiger partial charge is 0.507 e. The van der Waals surface area contributed by atoms with Gasteiger partial charge in [0.05, 0.1) is 37.0 Å². The molecule has 2 N–H and O–H groups in total. The van der Waals surface area contributed by atoms with Crippen molar-refractivity contribution < 1.29 is 29.0 Å². The Hall–Kier alpha value is -2.67. The third-order valence-corrected chi connectivity index (χ3v) is 5.27. The van der Waals surface area contributed by atoms with E-state index >= 15 is 0 Å². The van der Waals surface area contributed by atoms with Gasteiger partial charge in [-0.05, 0) is 24.5 Å². The van der Waals surface area contributed by atoms with Gasteiger partial charge < -0.3 is 19.9 Å². The minimum Gasteiger partial charge on any atom is -0.507 e. The molecule has 1 aromatic carbocycles. The number of rotatable bonds is 6. The van der Waals surface area contributed by atoms with Crippen LogP contribution in [0.1, 0.15) is 70.6 Å². The Labute approximate surface area is 163 Å². The highest BCUT2D eigenvalue weighted by Crippen LogP contribution is 2.44. The molecule has 0 spiro atoms. The fraction of sp³-hybridized carbons (Fsp3) is 0.476. The molecule has 28 heavy (non-hydrogen) atoms. The number of methoxy groups -OCH3 is 1. The van der Waals surface area contributed by atoms with Gasteiger partial charge in [-0.3, -0.25) is 14.4 Å².